The number of carbonyl (C=O) groups is 1. The van der Waals surface area contributed by atoms with E-state index in [-0.39, 0.29) is 17.0 Å². The Morgan fingerprint density at radius 1 is 1.15 bits per heavy atom. The first-order chi connectivity index (χ1) is 12.4. The summed E-state index contributed by atoms with van der Waals surface area (Å²) in [5, 5.41) is -0.204. The normalized spacial score (nSPS) is 17.5. The second-order valence-corrected chi connectivity index (χ2v) is 6.69. The number of para-hydroxylation sites is 1. The maximum Gasteiger partial charge on any atom is 0.573 e. The number of alkyl halides is 3. The quantitative estimate of drug-likeness (QED) is 0.769. The fourth-order valence-corrected chi connectivity index (χ4v) is 3.96. The molecule has 1 fully saturated rings. The standard InChI is InChI=1S/C18H16F3NO3S/c1-24-15-5-3-2-4-14(15)17-22(16(23)11-26-17)10-12-6-8-13(9-7-12)25-18(19,20)21/h2-9,17H,10-11H2,1H3. The van der Waals surface area contributed by atoms with E-state index in [9.17, 15) is 18.0 Å². The number of carbonyl (C=O) groups excluding carboxylic acids is 1. The van der Waals surface area contributed by atoms with Crippen molar-refractivity contribution >= 4 is 17.7 Å². The second-order valence-electron chi connectivity index (χ2n) is 5.62. The van der Waals surface area contributed by atoms with Gasteiger partial charge >= 0.3 is 6.36 Å². The lowest BCUT2D eigenvalue weighted by Crippen LogP contribution is -2.27. The minimum atomic E-state index is -4.72. The maximum absolute atomic E-state index is 12.3. The third-order valence-electron chi connectivity index (χ3n) is 3.88. The first-order valence-electron chi connectivity index (χ1n) is 7.76. The van der Waals surface area contributed by atoms with E-state index in [1.807, 2.05) is 24.3 Å². The van der Waals surface area contributed by atoms with E-state index in [1.54, 1.807) is 12.0 Å². The Morgan fingerprint density at radius 2 is 1.85 bits per heavy atom. The first-order valence-corrected chi connectivity index (χ1v) is 8.81. The Morgan fingerprint density at radius 3 is 2.50 bits per heavy atom. The number of rotatable bonds is 5. The molecule has 0 spiro atoms. The number of hydrogen-bond donors (Lipinski definition) is 0. The van der Waals surface area contributed by atoms with Crippen molar-refractivity contribution in [2.75, 3.05) is 12.9 Å². The van der Waals surface area contributed by atoms with Crippen LogP contribution in [0.3, 0.4) is 0 Å². The van der Waals surface area contributed by atoms with Gasteiger partial charge in [0.25, 0.3) is 0 Å². The van der Waals surface area contributed by atoms with Crippen molar-refractivity contribution < 1.29 is 27.4 Å². The van der Waals surface area contributed by atoms with Crippen molar-refractivity contribution in [3.63, 3.8) is 0 Å². The second kappa shape index (κ2) is 7.49. The summed E-state index contributed by atoms with van der Waals surface area (Å²) in [4.78, 5) is 14.0. The fourth-order valence-electron chi connectivity index (χ4n) is 2.75. The van der Waals surface area contributed by atoms with Gasteiger partial charge in [-0.1, -0.05) is 30.3 Å². The highest BCUT2D eigenvalue weighted by Crippen LogP contribution is 2.43. The number of ether oxygens (including phenoxy) is 2. The molecule has 8 heteroatoms. The van der Waals surface area contributed by atoms with E-state index in [2.05, 4.69) is 4.74 Å². The highest BCUT2D eigenvalue weighted by atomic mass is 32.2. The van der Waals surface area contributed by atoms with Gasteiger partial charge in [-0.15, -0.1) is 24.9 Å². The summed E-state index contributed by atoms with van der Waals surface area (Å²) in [5.74, 6) is 0.725. The summed E-state index contributed by atoms with van der Waals surface area (Å²) in [6.07, 6.45) is -4.72. The van der Waals surface area contributed by atoms with Crippen molar-refractivity contribution in [1.82, 2.24) is 4.90 Å². The van der Waals surface area contributed by atoms with Crippen LogP contribution in [0.5, 0.6) is 11.5 Å². The van der Waals surface area contributed by atoms with Gasteiger partial charge in [-0.2, -0.15) is 0 Å². The first kappa shape index (κ1) is 18.4. The zero-order valence-corrected chi connectivity index (χ0v) is 14.6. The average molecular weight is 383 g/mol. The molecule has 0 aliphatic carbocycles. The van der Waals surface area contributed by atoms with Crippen molar-refractivity contribution in [3.05, 3.63) is 59.7 Å². The predicted octanol–water partition coefficient (Wildman–Crippen LogP) is 4.37. The minimum Gasteiger partial charge on any atom is -0.496 e. The average Bonchev–Trinajstić information content (AvgIpc) is 2.96. The van der Waals surface area contributed by atoms with Crippen LogP contribution < -0.4 is 9.47 Å². The molecule has 138 valence electrons. The Bertz CT molecular complexity index is 780. The molecule has 1 saturated heterocycles. The highest BCUT2D eigenvalue weighted by molar-refractivity contribution is 8.00. The number of halogens is 3. The minimum absolute atomic E-state index is 0.0264. The summed E-state index contributed by atoms with van der Waals surface area (Å²) < 4.78 is 46.0. The molecule has 1 amide bonds. The summed E-state index contributed by atoms with van der Waals surface area (Å²) in [6, 6.07) is 13.0. The molecule has 1 atom stereocenters. The zero-order chi connectivity index (χ0) is 18.7. The summed E-state index contributed by atoms with van der Waals surface area (Å²) in [5.41, 5.74) is 1.61. The molecule has 4 nitrogen and oxygen atoms in total. The molecular weight excluding hydrogens is 367 g/mol. The summed E-state index contributed by atoms with van der Waals surface area (Å²) >= 11 is 1.49. The van der Waals surface area contributed by atoms with E-state index in [4.69, 9.17) is 4.74 Å². The van der Waals surface area contributed by atoms with Crippen LogP contribution in [0.4, 0.5) is 13.2 Å². The van der Waals surface area contributed by atoms with Crippen LogP contribution in [0.15, 0.2) is 48.5 Å². The number of thioether (sulfide) groups is 1. The van der Waals surface area contributed by atoms with Crippen LogP contribution in [0.1, 0.15) is 16.5 Å². The van der Waals surface area contributed by atoms with Gasteiger partial charge in [0.2, 0.25) is 5.91 Å². The van der Waals surface area contributed by atoms with E-state index in [0.29, 0.717) is 18.0 Å². The molecule has 2 aromatic carbocycles. The van der Waals surface area contributed by atoms with Gasteiger partial charge in [-0.05, 0) is 23.8 Å². The molecule has 3 rings (SSSR count). The third kappa shape index (κ3) is 4.24. The van der Waals surface area contributed by atoms with Gasteiger partial charge in [0.15, 0.2) is 0 Å². The number of hydrogen-bond acceptors (Lipinski definition) is 4. The van der Waals surface area contributed by atoms with Crippen LogP contribution in [0.2, 0.25) is 0 Å². The van der Waals surface area contributed by atoms with Gasteiger partial charge in [0.1, 0.15) is 16.9 Å². The van der Waals surface area contributed by atoms with Gasteiger partial charge in [-0.3, -0.25) is 4.79 Å². The lowest BCUT2D eigenvalue weighted by Gasteiger charge is -2.25. The molecule has 26 heavy (non-hydrogen) atoms. The van der Waals surface area contributed by atoms with Crippen molar-refractivity contribution in [3.8, 4) is 11.5 Å². The van der Waals surface area contributed by atoms with Crippen LogP contribution in [-0.4, -0.2) is 30.0 Å². The monoisotopic (exact) mass is 383 g/mol. The lowest BCUT2D eigenvalue weighted by atomic mass is 10.1. The molecule has 0 radical (unpaired) electrons. The van der Waals surface area contributed by atoms with Gasteiger partial charge in [0, 0.05) is 12.1 Å². The van der Waals surface area contributed by atoms with Crippen molar-refractivity contribution in [1.29, 1.82) is 0 Å². The number of benzene rings is 2. The number of nitrogens with zero attached hydrogens (tertiary/aromatic N) is 1. The summed E-state index contributed by atoms with van der Waals surface area (Å²) in [7, 11) is 1.57. The van der Waals surface area contributed by atoms with Gasteiger partial charge < -0.3 is 14.4 Å². The topological polar surface area (TPSA) is 38.8 Å². The molecule has 1 aliphatic heterocycles. The smallest absolute Gasteiger partial charge is 0.496 e. The van der Waals surface area contributed by atoms with Crippen LogP contribution in [-0.2, 0) is 11.3 Å². The molecule has 0 bridgehead atoms. The molecule has 1 unspecified atom stereocenters. The van der Waals surface area contributed by atoms with Gasteiger partial charge in [0.05, 0.1) is 12.9 Å². The van der Waals surface area contributed by atoms with Gasteiger partial charge in [-0.25, -0.2) is 0 Å². The summed E-state index contributed by atoms with van der Waals surface area (Å²) in [6.45, 7) is 0.293. The number of methoxy groups -OCH3 is 1. The van der Waals surface area contributed by atoms with E-state index in [1.165, 1.54) is 36.0 Å². The third-order valence-corrected chi connectivity index (χ3v) is 5.12. The highest BCUT2D eigenvalue weighted by Gasteiger charge is 2.34. The van der Waals surface area contributed by atoms with Crippen LogP contribution in [0.25, 0.3) is 0 Å². The largest absolute Gasteiger partial charge is 0.573 e. The van der Waals surface area contributed by atoms with Crippen LogP contribution in [0, 0.1) is 0 Å². The maximum atomic E-state index is 12.3. The predicted molar refractivity (Wildman–Crippen MR) is 91.9 cm³/mol. The Hall–Kier alpha value is -2.35. The molecule has 1 heterocycles. The van der Waals surface area contributed by atoms with Crippen molar-refractivity contribution in [2.45, 2.75) is 18.3 Å². The lowest BCUT2D eigenvalue weighted by molar-refractivity contribution is -0.274. The Labute approximate surface area is 152 Å². The van der Waals surface area contributed by atoms with Crippen molar-refractivity contribution in [2.24, 2.45) is 0 Å². The molecule has 0 saturated carbocycles. The molecule has 0 N–H and O–H groups in total. The SMILES string of the molecule is COc1ccccc1C1SCC(=O)N1Cc1ccc(OC(F)(F)F)cc1. The van der Waals surface area contributed by atoms with E-state index < -0.39 is 6.36 Å². The zero-order valence-electron chi connectivity index (χ0n) is 13.8. The van der Waals surface area contributed by atoms with Crippen LogP contribution >= 0.6 is 11.8 Å². The molecular formula is C18H16F3NO3S. The molecule has 0 aromatic heterocycles. The van der Waals surface area contributed by atoms with E-state index in [0.717, 1.165) is 11.1 Å². The molecule has 1 aliphatic rings. The van der Waals surface area contributed by atoms with E-state index >= 15 is 0 Å². The number of amides is 1. The Kier molecular flexibility index (Phi) is 5.31. The Balaban J connectivity index is 1.78. The molecule has 2 aromatic rings. The fraction of sp³-hybridized carbons (Fsp3) is 0.278.